The van der Waals surface area contributed by atoms with Crippen LogP contribution < -0.4 is 11.1 Å². The summed E-state index contributed by atoms with van der Waals surface area (Å²) in [6, 6.07) is 7.60. The van der Waals surface area contributed by atoms with Crippen molar-refractivity contribution < 1.29 is 4.79 Å². The molecular formula is C14H19ClN4OS. The normalized spacial score (nSPS) is 10.9. The number of imidazole rings is 1. The summed E-state index contributed by atoms with van der Waals surface area (Å²) in [5.74, 6) is -0.206. The molecule has 21 heavy (non-hydrogen) atoms. The Morgan fingerprint density at radius 2 is 1.95 bits per heavy atom. The fraction of sp³-hybridized carbons (Fsp3) is 0.286. The standard InChI is InChI=1S/C14H18N4OS.ClH/c1-14(2,15)12(19)17-10-4-6-11(7-5-10)20-13-16-8-9-18(13)3;/h4-9H,15H2,1-3H3,(H,17,19);1H. The zero-order valence-corrected chi connectivity index (χ0v) is 13.8. The molecule has 0 aliphatic heterocycles. The molecule has 0 aliphatic rings. The first-order valence-electron chi connectivity index (χ1n) is 6.22. The van der Waals surface area contributed by atoms with E-state index in [2.05, 4.69) is 10.3 Å². The smallest absolute Gasteiger partial charge is 0.243 e. The van der Waals surface area contributed by atoms with Crippen LogP contribution in [0.25, 0.3) is 0 Å². The Labute approximate surface area is 134 Å². The van der Waals surface area contributed by atoms with E-state index in [-0.39, 0.29) is 18.3 Å². The second kappa shape index (κ2) is 6.98. The second-order valence-corrected chi connectivity index (χ2v) is 6.16. The SMILES string of the molecule is Cl.Cn1ccnc1Sc1ccc(NC(=O)C(C)(C)N)cc1. The van der Waals surface area contributed by atoms with Crippen molar-refractivity contribution in [2.75, 3.05) is 5.32 Å². The summed E-state index contributed by atoms with van der Waals surface area (Å²) in [7, 11) is 1.95. The molecule has 1 amide bonds. The van der Waals surface area contributed by atoms with Gasteiger partial charge in [-0.2, -0.15) is 0 Å². The lowest BCUT2D eigenvalue weighted by atomic mass is 10.1. The predicted octanol–water partition coefficient (Wildman–Crippen LogP) is 2.67. The van der Waals surface area contributed by atoms with E-state index in [0.717, 1.165) is 15.7 Å². The molecule has 0 saturated heterocycles. The van der Waals surface area contributed by atoms with Crippen molar-refractivity contribution in [3.8, 4) is 0 Å². The summed E-state index contributed by atoms with van der Waals surface area (Å²) in [5.41, 5.74) is 5.58. The molecule has 1 aromatic carbocycles. The van der Waals surface area contributed by atoms with Crippen LogP contribution >= 0.6 is 24.2 Å². The first kappa shape index (κ1) is 17.6. The van der Waals surface area contributed by atoms with Gasteiger partial charge in [-0.15, -0.1) is 12.4 Å². The maximum Gasteiger partial charge on any atom is 0.243 e. The predicted molar refractivity (Wildman–Crippen MR) is 87.9 cm³/mol. The lowest BCUT2D eigenvalue weighted by Crippen LogP contribution is -2.45. The molecule has 0 radical (unpaired) electrons. The summed E-state index contributed by atoms with van der Waals surface area (Å²) in [6.45, 7) is 3.35. The van der Waals surface area contributed by atoms with Gasteiger partial charge < -0.3 is 15.6 Å². The monoisotopic (exact) mass is 326 g/mol. The molecule has 1 heterocycles. The number of aromatic nitrogens is 2. The quantitative estimate of drug-likeness (QED) is 0.906. The van der Waals surface area contributed by atoms with Crippen molar-refractivity contribution in [3.05, 3.63) is 36.7 Å². The number of anilines is 1. The number of nitrogens with two attached hydrogens (primary N) is 1. The van der Waals surface area contributed by atoms with Crippen LogP contribution in [0.5, 0.6) is 0 Å². The van der Waals surface area contributed by atoms with Crippen LogP contribution in [0.1, 0.15) is 13.8 Å². The van der Waals surface area contributed by atoms with E-state index in [1.165, 1.54) is 0 Å². The Bertz CT molecular complexity index is 604. The molecular weight excluding hydrogens is 308 g/mol. The average Bonchev–Trinajstić information content (AvgIpc) is 2.76. The van der Waals surface area contributed by atoms with E-state index >= 15 is 0 Å². The number of carbonyl (C=O) groups is 1. The number of aryl methyl sites for hydroxylation is 1. The molecule has 5 nitrogen and oxygen atoms in total. The van der Waals surface area contributed by atoms with Crippen molar-refractivity contribution >= 4 is 35.8 Å². The highest BCUT2D eigenvalue weighted by Gasteiger charge is 2.21. The van der Waals surface area contributed by atoms with Crippen molar-refractivity contribution in [1.29, 1.82) is 0 Å². The first-order valence-corrected chi connectivity index (χ1v) is 7.03. The van der Waals surface area contributed by atoms with Crippen LogP contribution in [0.4, 0.5) is 5.69 Å². The summed E-state index contributed by atoms with van der Waals surface area (Å²) >= 11 is 1.57. The minimum Gasteiger partial charge on any atom is -0.329 e. The van der Waals surface area contributed by atoms with E-state index in [9.17, 15) is 4.79 Å². The van der Waals surface area contributed by atoms with Crippen molar-refractivity contribution in [2.24, 2.45) is 12.8 Å². The highest BCUT2D eigenvalue weighted by molar-refractivity contribution is 7.99. The highest BCUT2D eigenvalue weighted by atomic mass is 35.5. The van der Waals surface area contributed by atoms with E-state index in [1.54, 1.807) is 31.8 Å². The number of nitrogens with zero attached hydrogens (tertiary/aromatic N) is 2. The summed E-state index contributed by atoms with van der Waals surface area (Å²) in [5, 5.41) is 3.71. The van der Waals surface area contributed by atoms with E-state index in [4.69, 9.17) is 5.73 Å². The van der Waals surface area contributed by atoms with Gasteiger partial charge in [0.05, 0.1) is 5.54 Å². The number of benzene rings is 1. The van der Waals surface area contributed by atoms with E-state index < -0.39 is 5.54 Å². The fourth-order valence-corrected chi connectivity index (χ4v) is 2.26. The molecule has 3 N–H and O–H groups in total. The van der Waals surface area contributed by atoms with Gasteiger partial charge in [-0.25, -0.2) is 4.98 Å². The third-order valence-corrected chi connectivity index (χ3v) is 3.77. The average molecular weight is 327 g/mol. The molecule has 2 rings (SSSR count). The molecule has 0 unspecified atom stereocenters. The highest BCUT2D eigenvalue weighted by Crippen LogP contribution is 2.26. The van der Waals surface area contributed by atoms with Gasteiger partial charge in [0.15, 0.2) is 5.16 Å². The minimum absolute atomic E-state index is 0. The number of carbonyl (C=O) groups excluding carboxylic acids is 1. The van der Waals surface area contributed by atoms with Crippen molar-refractivity contribution in [1.82, 2.24) is 9.55 Å². The number of rotatable bonds is 4. The Kier molecular flexibility index (Phi) is 5.83. The molecule has 0 bridgehead atoms. The Morgan fingerprint density at radius 3 is 2.43 bits per heavy atom. The minimum atomic E-state index is -0.889. The molecule has 7 heteroatoms. The fourth-order valence-electron chi connectivity index (χ4n) is 1.45. The Morgan fingerprint density at radius 1 is 1.33 bits per heavy atom. The van der Waals surface area contributed by atoms with Crippen molar-refractivity contribution in [2.45, 2.75) is 29.4 Å². The van der Waals surface area contributed by atoms with E-state index in [0.29, 0.717) is 0 Å². The van der Waals surface area contributed by atoms with Crippen LogP contribution in [0, 0.1) is 0 Å². The van der Waals surface area contributed by atoms with Gasteiger partial charge >= 0.3 is 0 Å². The van der Waals surface area contributed by atoms with Crippen molar-refractivity contribution in [3.63, 3.8) is 0 Å². The number of amides is 1. The van der Waals surface area contributed by atoms with Crippen LogP contribution in [-0.4, -0.2) is 21.0 Å². The maximum absolute atomic E-state index is 11.8. The molecule has 0 aliphatic carbocycles. The second-order valence-electron chi connectivity index (χ2n) is 5.12. The molecule has 1 aromatic heterocycles. The Hall–Kier alpha value is -1.50. The first-order chi connectivity index (χ1) is 9.36. The third-order valence-electron chi connectivity index (χ3n) is 2.68. The maximum atomic E-state index is 11.8. The molecule has 114 valence electrons. The summed E-state index contributed by atoms with van der Waals surface area (Å²) in [4.78, 5) is 17.1. The number of nitrogens with one attached hydrogen (secondary N) is 1. The van der Waals surface area contributed by atoms with Gasteiger partial charge in [0.2, 0.25) is 5.91 Å². The largest absolute Gasteiger partial charge is 0.329 e. The number of halogens is 1. The van der Waals surface area contributed by atoms with Gasteiger partial charge in [-0.3, -0.25) is 4.79 Å². The van der Waals surface area contributed by atoms with Gasteiger partial charge in [0.1, 0.15) is 0 Å². The Balaban J connectivity index is 0.00000220. The number of hydrogen-bond donors (Lipinski definition) is 2. The zero-order chi connectivity index (χ0) is 14.8. The lowest BCUT2D eigenvalue weighted by Gasteiger charge is -2.17. The van der Waals surface area contributed by atoms with Gasteiger partial charge in [0.25, 0.3) is 0 Å². The van der Waals surface area contributed by atoms with Gasteiger partial charge in [0, 0.05) is 30.0 Å². The van der Waals surface area contributed by atoms with Gasteiger partial charge in [-0.05, 0) is 38.1 Å². The number of hydrogen-bond acceptors (Lipinski definition) is 4. The zero-order valence-electron chi connectivity index (χ0n) is 12.2. The third kappa shape index (κ3) is 4.77. The van der Waals surface area contributed by atoms with Crippen LogP contribution in [0.3, 0.4) is 0 Å². The molecule has 2 aromatic rings. The van der Waals surface area contributed by atoms with Crippen LogP contribution in [-0.2, 0) is 11.8 Å². The van der Waals surface area contributed by atoms with E-state index in [1.807, 2.05) is 42.1 Å². The summed E-state index contributed by atoms with van der Waals surface area (Å²) in [6.07, 6.45) is 3.67. The molecule has 0 saturated carbocycles. The molecule has 0 atom stereocenters. The molecule has 0 spiro atoms. The van der Waals surface area contributed by atoms with Gasteiger partial charge in [-0.1, -0.05) is 11.8 Å². The lowest BCUT2D eigenvalue weighted by molar-refractivity contribution is -0.120. The summed E-state index contributed by atoms with van der Waals surface area (Å²) < 4.78 is 1.96. The van der Waals surface area contributed by atoms with Crippen LogP contribution in [0.15, 0.2) is 46.7 Å². The molecule has 0 fully saturated rings. The topological polar surface area (TPSA) is 72.9 Å². The van der Waals surface area contributed by atoms with Crippen LogP contribution in [0.2, 0.25) is 0 Å².